The fraction of sp³-hybridized carbons (Fsp3) is 0.480. The van der Waals surface area contributed by atoms with Gasteiger partial charge >= 0.3 is 5.97 Å². The quantitative estimate of drug-likeness (QED) is 0.419. The maximum Gasteiger partial charge on any atom is 0.343 e. The van der Waals surface area contributed by atoms with Crippen molar-refractivity contribution in [2.24, 2.45) is 10.8 Å². The summed E-state index contributed by atoms with van der Waals surface area (Å²) in [4.78, 5) is 12.5. The van der Waals surface area contributed by atoms with Gasteiger partial charge in [-0.25, -0.2) is 4.79 Å². The topological polar surface area (TPSA) is 26.3 Å². The van der Waals surface area contributed by atoms with Crippen LogP contribution >= 0.6 is 0 Å². The Morgan fingerprint density at radius 2 is 1.44 bits per heavy atom. The molecule has 0 N–H and O–H groups in total. The molecule has 0 aliphatic heterocycles. The molecule has 1 atom stereocenters. The fourth-order valence-electron chi connectivity index (χ4n) is 3.35. The lowest BCUT2D eigenvalue weighted by atomic mass is 9.69. The fourth-order valence-corrected chi connectivity index (χ4v) is 3.35. The number of carbonyl (C=O) groups is 1. The Balaban J connectivity index is 2.15. The Morgan fingerprint density at radius 1 is 0.889 bits per heavy atom. The van der Waals surface area contributed by atoms with E-state index in [1.54, 1.807) is 0 Å². The zero-order valence-corrected chi connectivity index (χ0v) is 17.9. The first-order valence-corrected chi connectivity index (χ1v) is 9.90. The summed E-state index contributed by atoms with van der Waals surface area (Å²) in [5.41, 5.74) is 3.51. The summed E-state index contributed by atoms with van der Waals surface area (Å²) in [5, 5.41) is 0. The molecule has 2 nitrogen and oxygen atoms in total. The Bertz CT molecular complexity index is 741. The van der Waals surface area contributed by atoms with Crippen LogP contribution in [0.25, 0.3) is 0 Å². The molecule has 0 saturated carbocycles. The molecule has 0 aliphatic carbocycles. The van der Waals surface area contributed by atoms with E-state index in [2.05, 4.69) is 60.6 Å². The zero-order valence-electron chi connectivity index (χ0n) is 17.9. The molecule has 0 heterocycles. The number of ether oxygens (including phenoxy) is 1. The van der Waals surface area contributed by atoms with E-state index in [1.807, 2.05) is 36.4 Å². The lowest BCUT2D eigenvalue weighted by Gasteiger charge is -2.36. The predicted octanol–water partition coefficient (Wildman–Crippen LogP) is 7.03. The molecule has 1 unspecified atom stereocenters. The Morgan fingerprint density at radius 3 is 1.89 bits per heavy atom. The van der Waals surface area contributed by atoms with Gasteiger partial charge in [0.15, 0.2) is 0 Å². The summed E-state index contributed by atoms with van der Waals surface area (Å²) < 4.78 is 5.51. The monoisotopic (exact) mass is 366 g/mol. The molecule has 0 radical (unpaired) electrons. The van der Waals surface area contributed by atoms with E-state index in [4.69, 9.17) is 4.74 Å². The lowest BCUT2D eigenvalue weighted by Crippen LogP contribution is -2.24. The van der Waals surface area contributed by atoms with Crippen molar-refractivity contribution in [1.29, 1.82) is 0 Å². The molecule has 0 aromatic heterocycles. The largest absolute Gasteiger partial charge is 0.423 e. The van der Waals surface area contributed by atoms with E-state index < -0.39 is 0 Å². The number of benzene rings is 2. The lowest BCUT2D eigenvalue weighted by molar-refractivity contribution is 0.0734. The smallest absolute Gasteiger partial charge is 0.343 e. The van der Waals surface area contributed by atoms with Gasteiger partial charge < -0.3 is 4.74 Å². The highest BCUT2D eigenvalue weighted by Gasteiger charge is 2.30. The molecule has 2 aromatic carbocycles. The van der Waals surface area contributed by atoms with E-state index in [1.165, 1.54) is 11.1 Å². The zero-order chi connectivity index (χ0) is 20.2. The van der Waals surface area contributed by atoms with E-state index >= 15 is 0 Å². The average molecular weight is 367 g/mol. The van der Waals surface area contributed by atoms with Gasteiger partial charge in [0, 0.05) is 0 Å². The van der Waals surface area contributed by atoms with Crippen molar-refractivity contribution in [2.75, 3.05) is 0 Å². The minimum absolute atomic E-state index is 0.163. The number of carbonyl (C=O) groups excluding carboxylic acids is 1. The first-order chi connectivity index (χ1) is 12.5. The molecule has 2 aromatic rings. The highest BCUT2D eigenvalue weighted by Crippen LogP contribution is 2.43. The van der Waals surface area contributed by atoms with Crippen LogP contribution in [-0.4, -0.2) is 5.97 Å². The molecule has 27 heavy (non-hydrogen) atoms. The number of hydrogen-bond donors (Lipinski definition) is 0. The van der Waals surface area contributed by atoms with Crippen LogP contribution in [0.1, 0.15) is 82.3 Å². The summed E-state index contributed by atoms with van der Waals surface area (Å²) in [6.45, 7) is 15.8. The Labute approximate surface area is 165 Å². The van der Waals surface area contributed by atoms with Crippen LogP contribution in [-0.2, 0) is 6.42 Å². The van der Waals surface area contributed by atoms with Crippen molar-refractivity contribution in [3.8, 4) is 5.75 Å². The third-order valence-electron chi connectivity index (χ3n) is 4.95. The van der Waals surface area contributed by atoms with Gasteiger partial charge in [-0.15, -0.1) is 0 Å². The van der Waals surface area contributed by atoms with Crippen LogP contribution < -0.4 is 4.74 Å². The second-order valence-corrected chi connectivity index (χ2v) is 9.69. The Kier molecular flexibility index (Phi) is 6.51. The standard InChI is InChI=1S/C25H34O2/c1-8-18-9-15-21(16-10-18)27-23(26)20-13-11-19(12-14-20)22(25(5,6)7)17-24(2,3)4/h9-16,22H,8,17H2,1-7H3. The Hall–Kier alpha value is -2.09. The minimum atomic E-state index is -0.311. The van der Waals surface area contributed by atoms with Crippen molar-refractivity contribution in [3.05, 3.63) is 65.2 Å². The second kappa shape index (κ2) is 8.29. The molecule has 0 amide bonds. The molecule has 0 saturated heterocycles. The van der Waals surface area contributed by atoms with E-state index in [0.717, 1.165) is 12.8 Å². The molecular weight excluding hydrogens is 332 g/mol. The maximum atomic E-state index is 12.5. The minimum Gasteiger partial charge on any atom is -0.423 e. The van der Waals surface area contributed by atoms with Gasteiger partial charge in [0.25, 0.3) is 0 Å². The number of aryl methyl sites for hydroxylation is 1. The van der Waals surface area contributed by atoms with Gasteiger partial charge in [0.05, 0.1) is 5.56 Å². The summed E-state index contributed by atoms with van der Waals surface area (Å²) >= 11 is 0. The summed E-state index contributed by atoms with van der Waals surface area (Å²) in [6, 6.07) is 15.6. The van der Waals surface area contributed by atoms with Crippen LogP contribution in [0.4, 0.5) is 0 Å². The molecule has 0 aliphatic rings. The predicted molar refractivity (Wildman–Crippen MR) is 113 cm³/mol. The molecule has 2 rings (SSSR count). The summed E-state index contributed by atoms with van der Waals surface area (Å²) in [5.74, 6) is 0.708. The highest BCUT2D eigenvalue weighted by atomic mass is 16.5. The van der Waals surface area contributed by atoms with Crippen molar-refractivity contribution >= 4 is 5.97 Å². The molecule has 0 spiro atoms. The number of esters is 1. The molecule has 2 heteroatoms. The van der Waals surface area contributed by atoms with Crippen LogP contribution in [0.15, 0.2) is 48.5 Å². The number of hydrogen-bond acceptors (Lipinski definition) is 2. The molecule has 146 valence electrons. The van der Waals surface area contributed by atoms with Crippen molar-refractivity contribution in [2.45, 2.75) is 67.2 Å². The molecule has 0 bridgehead atoms. The highest BCUT2D eigenvalue weighted by molar-refractivity contribution is 5.91. The maximum absolute atomic E-state index is 12.5. The van der Waals surface area contributed by atoms with Crippen molar-refractivity contribution in [1.82, 2.24) is 0 Å². The summed E-state index contributed by atoms with van der Waals surface area (Å²) in [6.07, 6.45) is 2.07. The van der Waals surface area contributed by atoms with Gasteiger partial charge in [0.2, 0.25) is 0 Å². The van der Waals surface area contributed by atoms with Crippen LogP contribution in [0.5, 0.6) is 5.75 Å². The van der Waals surface area contributed by atoms with Gasteiger partial charge in [-0.1, -0.05) is 72.7 Å². The normalized spacial score (nSPS) is 13.3. The number of rotatable bonds is 5. The van der Waals surface area contributed by atoms with Gasteiger partial charge in [-0.05, 0) is 65.0 Å². The molecular formula is C25H34O2. The van der Waals surface area contributed by atoms with Crippen molar-refractivity contribution in [3.63, 3.8) is 0 Å². The van der Waals surface area contributed by atoms with E-state index in [-0.39, 0.29) is 16.8 Å². The van der Waals surface area contributed by atoms with E-state index in [0.29, 0.717) is 17.2 Å². The van der Waals surface area contributed by atoms with Gasteiger partial charge in [-0.2, -0.15) is 0 Å². The third-order valence-corrected chi connectivity index (χ3v) is 4.95. The van der Waals surface area contributed by atoms with Crippen LogP contribution in [0.3, 0.4) is 0 Å². The van der Waals surface area contributed by atoms with Crippen molar-refractivity contribution < 1.29 is 9.53 Å². The van der Waals surface area contributed by atoms with Crippen LogP contribution in [0.2, 0.25) is 0 Å². The third kappa shape index (κ3) is 6.23. The molecule has 0 fully saturated rings. The van der Waals surface area contributed by atoms with Gasteiger partial charge in [0.1, 0.15) is 5.75 Å². The van der Waals surface area contributed by atoms with Gasteiger partial charge in [-0.3, -0.25) is 0 Å². The average Bonchev–Trinajstić information content (AvgIpc) is 2.59. The van der Waals surface area contributed by atoms with Crippen LogP contribution in [0, 0.1) is 10.8 Å². The first-order valence-electron chi connectivity index (χ1n) is 9.90. The first kappa shape index (κ1) is 21.2. The van der Waals surface area contributed by atoms with E-state index in [9.17, 15) is 4.79 Å². The SMILES string of the molecule is CCc1ccc(OC(=O)c2ccc(C(CC(C)(C)C)C(C)(C)C)cc2)cc1. The second-order valence-electron chi connectivity index (χ2n) is 9.69. The summed E-state index contributed by atoms with van der Waals surface area (Å²) in [7, 11) is 0.